The molecule has 0 aromatic heterocycles. The van der Waals surface area contributed by atoms with Crippen LogP contribution in [0.25, 0.3) is 0 Å². The van der Waals surface area contributed by atoms with Gasteiger partial charge in [0.2, 0.25) is 0 Å². The van der Waals surface area contributed by atoms with Crippen molar-refractivity contribution < 1.29 is 4.74 Å². The second-order valence-corrected chi connectivity index (χ2v) is 3.82. The molecular formula is C10H22N2O. The number of ether oxygens (including phenoxy) is 1. The molecule has 1 aliphatic rings. The molecule has 1 aliphatic heterocycles. The highest BCUT2D eigenvalue weighted by atomic mass is 16.5. The second-order valence-electron chi connectivity index (χ2n) is 3.82. The van der Waals surface area contributed by atoms with Gasteiger partial charge < -0.3 is 10.5 Å². The van der Waals surface area contributed by atoms with E-state index >= 15 is 0 Å². The molecule has 1 fully saturated rings. The van der Waals surface area contributed by atoms with Crippen LogP contribution in [0.15, 0.2) is 0 Å². The molecule has 1 rings (SSSR count). The Bertz CT molecular complexity index is 141. The largest absolute Gasteiger partial charge is 0.376 e. The summed E-state index contributed by atoms with van der Waals surface area (Å²) in [6.07, 6.45) is 2.65. The summed E-state index contributed by atoms with van der Waals surface area (Å²) in [6, 6.07) is 0.614. The maximum Gasteiger partial charge on any atom is 0.0700 e. The second kappa shape index (κ2) is 5.58. The quantitative estimate of drug-likeness (QED) is 0.707. The van der Waals surface area contributed by atoms with Gasteiger partial charge >= 0.3 is 0 Å². The molecule has 0 spiro atoms. The summed E-state index contributed by atoms with van der Waals surface area (Å²) in [7, 11) is 0. The first-order valence-corrected chi connectivity index (χ1v) is 5.33. The van der Waals surface area contributed by atoms with Crippen molar-refractivity contribution in [1.82, 2.24) is 4.90 Å². The van der Waals surface area contributed by atoms with Crippen LogP contribution in [0.4, 0.5) is 0 Å². The topological polar surface area (TPSA) is 38.5 Å². The number of hydrogen-bond donors (Lipinski definition) is 1. The monoisotopic (exact) mass is 186 g/mol. The molecule has 1 saturated heterocycles. The van der Waals surface area contributed by atoms with Gasteiger partial charge in [-0.25, -0.2) is 0 Å². The zero-order chi connectivity index (χ0) is 9.68. The minimum Gasteiger partial charge on any atom is -0.376 e. The predicted molar refractivity (Wildman–Crippen MR) is 54.7 cm³/mol. The van der Waals surface area contributed by atoms with Crippen LogP contribution in [0.1, 0.15) is 26.7 Å². The average Bonchev–Trinajstić information content (AvgIpc) is 2.18. The van der Waals surface area contributed by atoms with Crippen LogP contribution in [0.2, 0.25) is 0 Å². The Kier molecular flexibility index (Phi) is 4.70. The highest BCUT2D eigenvalue weighted by Crippen LogP contribution is 2.12. The fraction of sp³-hybridized carbons (Fsp3) is 1.00. The molecule has 3 nitrogen and oxygen atoms in total. The fourth-order valence-corrected chi connectivity index (χ4v) is 1.81. The van der Waals surface area contributed by atoms with Crippen LogP contribution >= 0.6 is 0 Å². The maximum atomic E-state index is 5.61. The van der Waals surface area contributed by atoms with Crippen LogP contribution in [-0.2, 0) is 4.74 Å². The first-order chi connectivity index (χ1) is 6.27. The minimum absolute atomic E-state index is 0.439. The zero-order valence-electron chi connectivity index (χ0n) is 8.83. The van der Waals surface area contributed by atoms with Gasteiger partial charge in [-0.05, 0) is 26.3 Å². The predicted octanol–water partition coefficient (Wildman–Crippen LogP) is 0.835. The van der Waals surface area contributed by atoms with Gasteiger partial charge in [0.1, 0.15) is 0 Å². The average molecular weight is 186 g/mol. The zero-order valence-corrected chi connectivity index (χ0v) is 8.83. The standard InChI is InChI=1S/C10H22N2O/c1-3-10-8-12(6-7-13-10)9(2)4-5-11/h9-10H,3-8,11H2,1-2H3. The molecule has 0 radical (unpaired) electrons. The van der Waals surface area contributed by atoms with E-state index in [9.17, 15) is 0 Å². The Labute approximate surface area is 81.2 Å². The van der Waals surface area contributed by atoms with E-state index in [-0.39, 0.29) is 0 Å². The molecule has 0 aromatic carbocycles. The van der Waals surface area contributed by atoms with Crippen molar-refractivity contribution in [2.75, 3.05) is 26.2 Å². The Balaban J connectivity index is 2.32. The van der Waals surface area contributed by atoms with Crippen molar-refractivity contribution in [3.8, 4) is 0 Å². The molecule has 0 saturated carbocycles. The third-order valence-corrected chi connectivity index (χ3v) is 2.83. The van der Waals surface area contributed by atoms with Gasteiger partial charge in [0.05, 0.1) is 12.7 Å². The lowest BCUT2D eigenvalue weighted by Gasteiger charge is -2.36. The van der Waals surface area contributed by atoms with Crippen LogP contribution < -0.4 is 5.73 Å². The van der Waals surface area contributed by atoms with Crippen LogP contribution in [-0.4, -0.2) is 43.3 Å². The van der Waals surface area contributed by atoms with Crippen molar-refractivity contribution in [3.05, 3.63) is 0 Å². The lowest BCUT2D eigenvalue weighted by molar-refractivity contribution is -0.0426. The van der Waals surface area contributed by atoms with Gasteiger partial charge in [0.25, 0.3) is 0 Å². The molecule has 2 atom stereocenters. The summed E-state index contributed by atoms with van der Waals surface area (Å²) < 4.78 is 5.61. The van der Waals surface area contributed by atoms with E-state index in [1.807, 2.05) is 0 Å². The molecule has 2 N–H and O–H groups in total. The van der Waals surface area contributed by atoms with E-state index in [0.717, 1.165) is 39.1 Å². The summed E-state index contributed by atoms with van der Waals surface area (Å²) >= 11 is 0. The first-order valence-electron chi connectivity index (χ1n) is 5.33. The minimum atomic E-state index is 0.439. The highest BCUT2D eigenvalue weighted by molar-refractivity contribution is 4.75. The summed E-state index contributed by atoms with van der Waals surface area (Å²) in [4.78, 5) is 2.49. The molecule has 1 heterocycles. The van der Waals surface area contributed by atoms with Gasteiger partial charge in [-0.1, -0.05) is 6.92 Å². The number of rotatable bonds is 4. The third-order valence-electron chi connectivity index (χ3n) is 2.83. The van der Waals surface area contributed by atoms with Crippen molar-refractivity contribution in [2.45, 2.75) is 38.8 Å². The Morgan fingerprint density at radius 2 is 2.38 bits per heavy atom. The van der Waals surface area contributed by atoms with Crippen LogP contribution in [0.3, 0.4) is 0 Å². The highest BCUT2D eigenvalue weighted by Gasteiger charge is 2.22. The fourth-order valence-electron chi connectivity index (χ4n) is 1.81. The molecule has 0 aliphatic carbocycles. The van der Waals surface area contributed by atoms with Gasteiger partial charge in [-0.15, -0.1) is 0 Å². The normalized spacial score (nSPS) is 27.5. The van der Waals surface area contributed by atoms with Gasteiger partial charge in [-0.2, -0.15) is 0 Å². The van der Waals surface area contributed by atoms with Crippen LogP contribution in [0, 0.1) is 0 Å². The summed E-state index contributed by atoms with van der Waals surface area (Å²) in [6.45, 7) is 8.25. The SMILES string of the molecule is CCC1CN(C(C)CCN)CCO1. The summed E-state index contributed by atoms with van der Waals surface area (Å²) in [5.74, 6) is 0. The lowest BCUT2D eigenvalue weighted by atomic mass is 10.1. The molecule has 3 heteroatoms. The number of hydrogen-bond acceptors (Lipinski definition) is 3. The number of nitrogens with two attached hydrogens (primary N) is 1. The molecular weight excluding hydrogens is 164 g/mol. The Hall–Kier alpha value is -0.120. The van der Waals surface area contributed by atoms with E-state index in [4.69, 9.17) is 10.5 Å². The maximum absolute atomic E-state index is 5.61. The van der Waals surface area contributed by atoms with Crippen molar-refractivity contribution in [2.24, 2.45) is 5.73 Å². The summed E-state index contributed by atoms with van der Waals surface area (Å²) in [5, 5.41) is 0. The molecule has 78 valence electrons. The van der Waals surface area contributed by atoms with Gasteiger partial charge in [0.15, 0.2) is 0 Å². The number of nitrogens with zero attached hydrogens (tertiary/aromatic N) is 1. The van der Waals surface area contributed by atoms with E-state index in [0.29, 0.717) is 12.1 Å². The van der Waals surface area contributed by atoms with E-state index in [1.165, 1.54) is 0 Å². The van der Waals surface area contributed by atoms with Crippen molar-refractivity contribution in [1.29, 1.82) is 0 Å². The lowest BCUT2D eigenvalue weighted by Crippen LogP contribution is -2.47. The molecule has 2 unspecified atom stereocenters. The third kappa shape index (κ3) is 3.25. The van der Waals surface area contributed by atoms with E-state index in [2.05, 4.69) is 18.7 Å². The van der Waals surface area contributed by atoms with E-state index < -0.39 is 0 Å². The van der Waals surface area contributed by atoms with Gasteiger partial charge in [-0.3, -0.25) is 4.90 Å². The Morgan fingerprint density at radius 3 is 3.00 bits per heavy atom. The first kappa shape index (κ1) is 11.0. The molecule has 0 aromatic rings. The Morgan fingerprint density at radius 1 is 1.62 bits per heavy atom. The van der Waals surface area contributed by atoms with Crippen molar-refractivity contribution in [3.63, 3.8) is 0 Å². The van der Waals surface area contributed by atoms with Gasteiger partial charge in [0, 0.05) is 19.1 Å². The van der Waals surface area contributed by atoms with Crippen molar-refractivity contribution >= 4 is 0 Å². The summed E-state index contributed by atoms with van der Waals surface area (Å²) in [5.41, 5.74) is 5.55. The molecule has 13 heavy (non-hydrogen) atoms. The molecule has 0 amide bonds. The van der Waals surface area contributed by atoms with Crippen LogP contribution in [0.5, 0.6) is 0 Å². The molecule has 0 bridgehead atoms. The van der Waals surface area contributed by atoms with E-state index in [1.54, 1.807) is 0 Å². The smallest absolute Gasteiger partial charge is 0.0700 e. The number of morpholine rings is 1.